The minimum Gasteiger partial charge on any atom is -0.378 e. The van der Waals surface area contributed by atoms with Crippen LogP contribution in [0.25, 0.3) is 39.0 Å². The minimum absolute atomic E-state index is 0.0674. The van der Waals surface area contributed by atoms with Crippen LogP contribution in [0.1, 0.15) is 39.3 Å². The van der Waals surface area contributed by atoms with Crippen LogP contribution in [0.5, 0.6) is 0 Å². The number of hydrogen-bond donors (Lipinski definition) is 0. The molecule has 0 aromatic heterocycles. The zero-order valence-corrected chi connectivity index (χ0v) is 34.8. The quantitative estimate of drug-likeness (QED) is 0.137. The molecule has 0 saturated carbocycles. The minimum atomic E-state index is -0.625. The van der Waals surface area contributed by atoms with Gasteiger partial charge in [-0.2, -0.15) is 0 Å². The summed E-state index contributed by atoms with van der Waals surface area (Å²) in [6.45, 7) is 0. The van der Waals surface area contributed by atoms with E-state index in [0.717, 1.165) is 0 Å². The first kappa shape index (κ1) is 38.4. The van der Waals surface area contributed by atoms with Crippen LogP contribution >= 0.6 is 0 Å². The number of rotatable bonds is 10. The van der Waals surface area contributed by atoms with Crippen molar-refractivity contribution in [2.24, 2.45) is 0 Å². The third-order valence-corrected chi connectivity index (χ3v) is 12.2. The van der Waals surface area contributed by atoms with Crippen molar-refractivity contribution >= 4 is 28.1 Å². The highest BCUT2D eigenvalue weighted by atomic mass is 15.1. The highest BCUT2D eigenvalue weighted by Gasteiger charge is 2.50. The molecular weight excluding hydrogens is 725 g/mol. The highest BCUT2D eigenvalue weighted by Crippen LogP contribution is 2.61. The van der Waals surface area contributed by atoms with E-state index >= 15 is 0 Å². The van der Waals surface area contributed by atoms with Crippen LogP contribution in [0, 0.1) is 0 Å². The first-order valence-electron chi connectivity index (χ1n) is 20.9. The van der Waals surface area contributed by atoms with Gasteiger partial charge < -0.3 is 9.80 Å². The lowest BCUT2D eigenvalue weighted by molar-refractivity contribution is 0.587. The molecule has 2 unspecified atom stereocenters. The molecule has 60 heavy (non-hydrogen) atoms. The van der Waals surface area contributed by atoms with Gasteiger partial charge in [-0.25, -0.2) is 0 Å². The third-order valence-electron chi connectivity index (χ3n) is 12.2. The SMILES string of the molecule is CN(C)c1ccc(-c2ccc(C3=CC(c4ccccc4)C(c4ccccc4)(c4ccc(-c5ccc(N(C)C)cc5)cc4)C(c4ccccc4)=C3c3ccccc3)cc2)cc1. The van der Waals surface area contributed by atoms with Gasteiger partial charge in [-0.15, -0.1) is 0 Å². The van der Waals surface area contributed by atoms with Crippen LogP contribution in [-0.2, 0) is 5.41 Å². The van der Waals surface area contributed by atoms with Crippen molar-refractivity contribution < 1.29 is 0 Å². The predicted octanol–water partition coefficient (Wildman–Crippen LogP) is 13.9. The molecule has 2 atom stereocenters. The maximum absolute atomic E-state index is 2.58. The largest absolute Gasteiger partial charge is 0.378 e. The predicted molar refractivity (Wildman–Crippen MR) is 256 cm³/mol. The summed E-state index contributed by atoms with van der Waals surface area (Å²) in [7, 11) is 8.34. The average Bonchev–Trinajstić information content (AvgIpc) is 3.32. The molecular formula is C58H50N2. The van der Waals surface area contributed by atoms with E-state index < -0.39 is 5.41 Å². The van der Waals surface area contributed by atoms with E-state index in [9.17, 15) is 0 Å². The number of benzene rings is 8. The lowest BCUT2D eigenvalue weighted by atomic mass is 9.53. The molecule has 1 aliphatic carbocycles. The van der Waals surface area contributed by atoms with Gasteiger partial charge in [0, 0.05) is 45.5 Å². The summed E-state index contributed by atoms with van der Waals surface area (Å²) in [5.74, 6) is -0.0674. The average molecular weight is 775 g/mol. The Kier molecular flexibility index (Phi) is 10.6. The molecule has 0 N–H and O–H groups in total. The molecule has 0 heterocycles. The molecule has 0 radical (unpaired) electrons. The summed E-state index contributed by atoms with van der Waals surface area (Å²) in [5.41, 5.74) is 17.7. The number of hydrogen-bond acceptors (Lipinski definition) is 2. The van der Waals surface area contributed by atoms with Gasteiger partial charge in [0.05, 0.1) is 5.41 Å². The van der Waals surface area contributed by atoms with Gasteiger partial charge in [0.1, 0.15) is 0 Å². The lowest BCUT2D eigenvalue weighted by Gasteiger charge is -2.48. The maximum Gasteiger partial charge on any atom is 0.0566 e. The molecule has 0 saturated heterocycles. The normalized spacial score (nSPS) is 16.3. The van der Waals surface area contributed by atoms with Crippen molar-refractivity contribution in [3.63, 3.8) is 0 Å². The second-order valence-corrected chi connectivity index (χ2v) is 16.2. The summed E-state index contributed by atoms with van der Waals surface area (Å²) in [4.78, 5) is 4.28. The first-order valence-corrected chi connectivity index (χ1v) is 20.9. The fraction of sp³-hybridized carbons (Fsp3) is 0.103. The van der Waals surface area contributed by atoms with Crippen LogP contribution in [0.4, 0.5) is 11.4 Å². The van der Waals surface area contributed by atoms with E-state index in [2.05, 4.69) is 262 Å². The molecule has 0 aliphatic heterocycles. The van der Waals surface area contributed by atoms with Crippen molar-refractivity contribution in [3.8, 4) is 22.3 Å². The topological polar surface area (TPSA) is 6.48 Å². The van der Waals surface area contributed by atoms with Crippen LogP contribution in [0.15, 0.2) is 224 Å². The fourth-order valence-corrected chi connectivity index (χ4v) is 9.18. The van der Waals surface area contributed by atoms with E-state index in [1.165, 1.54) is 83.7 Å². The summed E-state index contributed by atoms with van der Waals surface area (Å²) in [6.07, 6.45) is 2.58. The Morgan fingerprint density at radius 1 is 0.333 bits per heavy atom. The molecule has 8 aromatic rings. The van der Waals surface area contributed by atoms with Crippen molar-refractivity contribution in [2.45, 2.75) is 11.3 Å². The van der Waals surface area contributed by atoms with Crippen LogP contribution in [0.2, 0.25) is 0 Å². The molecule has 0 bridgehead atoms. The van der Waals surface area contributed by atoms with Gasteiger partial charge in [-0.05, 0) is 96.6 Å². The molecule has 2 nitrogen and oxygen atoms in total. The number of anilines is 2. The van der Waals surface area contributed by atoms with E-state index in [4.69, 9.17) is 0 Å². The van der Waals surface area contributed by atoms with Crippen molar-refractivity contribution in [2.75, 3.05) is 38.0 Å². The fourth-order valence-electron chi connectivity index (χ4n) is 9.18. The van der Waals surface area contributed by atoms with E-state index in [1.807, 2.05) is 0 Å². The molecule has 292 valence electrons. The lowest BCUT2D eigenvalue weighted by Crippen LogP contribution is -2.38. The highest BCUT2D eigenvalue weighted by molar-refractivity contribution is 6.19. The van der Waals surface area contributed by atoms with E-state index in [-0.39, 0.29) is 5.92 Å². The van der Waals surface area contributed by atoms with E-state index in [1.54, 1.807) is 0 Å². The van der Waals surface area contributed by atoms with E-state index in [0.29, 0.717) is 0 Å². The number of allylic oxidation sites excluding steroid dienone is 4. The Balaban J connectivity index is 1.33. The number of nitrogens with zero attached hydrogens (tertiary/aromatic N) is 2. The molecule has 2 heteroatoms. The smallest absolute Gasteiger partial charge is 0.0566 e. The molecule has 0 spiro atoms. The van der Waals surface area contributed by atoms with Gasteiger partial charge in [0.2, 0.25) is 0 Å². The summed E-state index contributed by atoms with van der Waals surface area (Å²) >= 11 is 0. The first-order chi connectivity index (χ1) is 29.4. The molecule has 1 aliphatic rings. The van der Waals surface area contributed by atoms with Gasteiger partial charge in [0.15, 0.2) is 0 Å². The van der Waals surface area contributed by atoms with Gasteiger partial charge in [-0.3, -0.25) is 0 Å². The zero-order valence-electron chi connectivity index (χ0n) is 34.8. The Labute approximate surface area is 356 Å². The maximum atomic E-state index is 2.58. The third kappa shape index (κ3) is 7.16. The molecule has 9 rings (SSSR count). The van der Waals surface area contributed by atoms with Gasteiger partial charge in [0.25, 0.3) is 0 Å². The van der Waals surface area contributed by atoms with Crippen molar-refractivity contribution in [1.29, 1.82) is 0 Å². The molecule has 0 fully saturated rings. The van der Waals surface area contributed by atoms with Crippen LogP contribution in [-0.4, -0.2) is 28.2 Å². The van der Waals surface area contributed by atoms with Crippen LogP contribution in [0.3, 0.4) is 0 Å². The second kappa shape index (κ2) is 16.6. The second-order valence-electron chi connectivity index (χ2n) is 16.2. The van der Waals surface area contributed by atoms with Crippen molar-refractivity contribution in [3.05, 3.63) is 258 Å². The zero-order chi connectivity index (χ0) is 41.1. The molecule has 8 aromatic carbocycles. The van der Waals surface area contributed by atoms with Crippen LogP contribution < -0.4 is 9.80 Å². The Morgan fingerprint density at radius 3 is 1.17 bits per heavy atom. The molecule has 0 amide bonds. The summed E-state index contributed by atoms with van der Waals surface area (Å²) in [5, 5.41) is 0. The van der Waals surface area contributed by atoms with Gasteiger partial charge in [-0.1, -0.05) is 200 Å². The monoisotopic (exact) mass is 774 g/mol. The summed E-state index contributed by atoms with van der Waals surface area (Å²) in [6, 6.07) is 80.8. The Bertz CT molecular complexity index is 2730. The summed E-state index contributed by atoms with van der Waals surface area (Å²) < 4.78 is 0. The Hall–Kier alpha value is -7.16. The Morgan fingerprint density at radius 2 is 0.700 bits per heavy atom. The van der Waals surface area contributed by atoms with Crippen molar-refractivity contribution in [1.82, 2.24) is 0 Å². The standard InChI is InChI=1S/C58H50N2/c1-59(2)52-37-31-44(32-38-52)42-25-27-46(28-26-42)54-41-55(47-17-9-5-10-18-47)58(50-23-15-8-16-24-50,51-35-29-43(30-36-51)45-33-39-53(40-34-45)60(3)4)57(49-21-13-7-14-22-49)56(54)48-19-11-6-12-20-48/h5-41,55H,1-4H3. The van der Waals surface area contributed by atoms with Gasteiger partial charge >= 0.3 is 0 Å².